The first-order valence-electron chi connectivity index (χ1n) is 12.7. The van der Waals surface area contributed by atoms with Crippen LogP contribution in [0.5, 0.6) is 0 Å². The number of benzene rings is 2. The third-order valence-electron chi connectivity index (χ3n) is 7.11. The zero-order valence-corrected chi connectivity index (χ0v) is 21.8. The molecule has 2 fully saturated rings. The van der Waals surface area contributed by atoms with Gasteiger partial charge in [-0.05, 0) is 72.9 Å². The summed E-state index contributed by atoms with van der Waals surface area (Å²) in [5, 5.41) is 13.6. The lowest BCUT2D eigenvalue weighted by atomic mass is 9.95. The zero-order chi connectivity index (χ0) is 24.3. The van der Waals surface area contributed by atoms with E-state index in [-0.39, 0.29) is 6.04 Å². The van der Waals surface area contributed by atoms with E-state index in [0.29, 0.717) is 10.8 Å². The zero-order valence-electron chi connectivity index (χ0n) is 20.2. The molecule has 2 aliphatic rings. The largest absolute Gasteiger partial charge is 0.228 e. The lowest BCUT2D eigenvalue weighted by Gasteiger charge is -2.31. The number of hydrogen-bond donors (Lipinski definition) is 0. The maximum absolute atomic E-state index is 14.9. The molecule has 3 aromatic rings. The molecule has 5 rings (SSSR count). The quantitative estimate of drug-likeness (QED) is 0.396. The first-order chi connectivity index (χ1) is 17.0. The molecule has 1 aliphatic carbocycles. The molecule has 0 bridgehead atoms. The van der Waals surface area contributed by atoms with Gasteiger partial charge in [0.1, 0.15) is 16.0 Å². The van der Waals surface area contributed by atoms with E-state index in [2.05, 4.69) is 19.8 Å². The molecular formula is C26H33ClN6OS. The van der Waals surface area contributed by atoms with Crippen LogP contribution in [0.3, 0.4) is 0 Å². The Labute approximate surface area is 213 Å². The highest BCUT2D eigenvalue weighted by Gasteiger charge is 2.31. The summed E-state index contributed by atoms with van der Waals surface area (Å²) in [4.78, 5) is 0.737. The topological polar surface area (TPSA) is 76.3 Å². The van der Waals surface area contributed by atoms with Crippen LogP contribution in [0.4, 0.5) is 0 Å². The summed E-state index contributed by atoms with van der Waals surface area (Å²) in [6.45, 7) is 3.56. The lowest BCUT2D eigenvalue weighted by Crippen LogP contribution is -2.36. The highest BCUT2D eigenvalue weighted by atomic mass is 35.5. The van der Waals surface area contributed by atoms with Crippen LogP contribution in [0.25, 0.3) is 0 Å². The van der Waals surface area contributed by atoms with E-state index < -0.39 is 16.0 Å². The van der Waals surface area contributed by atoms with Crippen LogP contribution in [0, 0.1) is 6.92 Å². The molecule has 2 atom stereocenters. The standard InChI is InChI=1S/C26H33ClN6OS/c1-20-10-16-24(17-11-20)35(34,32-18-6-3-7-19-32)29-25(21-12-14-22(27)15-13-21)26-28-30-31-33(26)23-8-4-2-5-9-23/h10-17,23,25H,2-9,18-19H2,1H3. The average Bonchev–Trinajstić information content (AvgIpc) is 3.39. The van der Waals surface area contributed by atoms with Crippen molar-refractivity contribution >= 4 is 21.5 Å². The number of hydrogen-bond acceptors (Lipinski definition) is 5. The van der Waals surface area contributed by atoms with Crippen LogP contribution in [-0.4, -0.2) is 41.8 Å². The van der Waals surface area contributed by atoms with Crippen LogP contribution < -0.4 is 0 Å². The molecule has 0 radical (unpaired) electrons. The summed E-state index contributed by atoms with van der Waals surface area (Å²) in [6, 6.07) is 15.2. The van der Waals surface area contributed by atoms with Gasteiger partial charge in [-0.1, -0.05) is 67.1 Å². The van der Waals surface area contributed by atoms with Crippen molar-refractivity contribution in [1.82, 2.24) is 24.5 Å². The van der Waals surface area contributed by atoms with Crippen molar-refractivity contribution in [2.75, 3.05) is 13.1 Å². The number of piperidine rings is 1. The molecule has 2 unspecified atom stereocenters. The highest BCUT2D eigenvalue weighted by molar-refractivity contribution is 7.91. The normalized spacial score (nSPS) is 20.3. The SMILES string of the molecule is Cc1ccc(S(=O)(=NC(c2ccc(Cl)cc2)c2nnnn2C2CCCCC2)N2CCCCC2)cc1. The summed E-state index contributed by atoms with van der Waals surface area (Å²) in [5.74, 6) is 0.649. The first kappa shape index (κ1) is 24.4. The number of halogens is 1. The van der Waals surface area contributed by atoms with E-state index in [1.807, 2.05) is 60.1 Å². The summed E-state index contributed by atoms with van der Waals surface area (Å²) in [6.07, 6.45) is 8.86. The molecule has 2 heterocycles. The minimum Gasteiger partial charge on any atom is -0.228 e. The number of tetrazole rings is 1. The van der Waals surface area contributed by atoms with Crippen LogP contribution in [-0.2, 0) is 9.92 Å². The van der Waals surface area contributed by atoms with E-state index in [1.165, 1.54) is 19.3 Å². The second kappa shape index (κ2) is 10.8. The van der Waals surface area contributed by atoms with Gasteiger partial charge < -0.3 is 0 Å². The lowest BCUT2D eigenvalue weighted by molar-refractivity contribution is 0.314. The van der Waals surface area contributed by atoms with Crippen molar-refractivity contribution < 1.29 is 4.21 Å². The number of aryl methyl sites for hydroxylation is 1. The fourth-order valence-electron chi connectivity index (χ4n) is 5.12. The predicted octanol–water partition coefficient (Wildman–Crippen LogP) is 6.16. The average molecular weight is 513 g/mol. The molecular weight excluding hydrogens is 480 g/mol. The van der Waals surface area contributed by atoms with Crippen LogP contribution in [0.15, 0.2) is 57.8 Å². The van der Waals surface area contributed by atoms with E-state index >= 15 is 0 Å². The smallest absolute Gasteiger partial charge is 0.181 e. The Morgan fingerprint density at radius 1 is 0.943 bits per heavy atom. The second-order valence-corrected chi connectivity index (χ2v) is 12.3. The van der Waals surface area contributed by atoms with Gasteiger partial charge in [-0.3, -0.25) is 0 Å². The molecule has 0 spiro atoms. The Morgan fingerprint density at radius 2 is 1.60 bits per heavy atom. The van der Waals surface area contributed by atoms with Crippen molar-refractivity contribution in [3.05, 3.63) is 70.5 Å². The third-order valence-corrected chi connectivity index (χ3v) is 9.81. The molecule has 9 heteroatoms. The predicted molar refractivity (Wildman–Crippen MR) is 139 cm³/mol. The molecule has 1 saturated carbocycles. The summed E-state index contributed by atoms with van der Waals surface area (Å²) >= 11 is 6.22. The molecule has 7 nitrogen and oxygen atoms in total. The Balaban J connectivity index is 1.68. The van der Waals surface area contributed by atoms with Gasteiger partial charge in [0.2, 0.25) is 0 Å². The van der Waals surface area contributed by atoms with Gasteiger partial charge >= 0.3 is 0 Å². The van der Waals surface area contributed by atoms with Gasteiger partial charge in [-0.2, -0.15) is 0 Å². The third kappa shape index (κ3) is 5.29. The van der Waals surface area contributed by atoms with Gasteiger partial charge in [0, 0.05) is 18.1 Å². The Kier molecular flexibility index (Phi) is 7.51. The minimum absolute atomic E-state index is 0.240. The fraction of sp³-hybridized carbons (Fsp3) is 0.500. The summed E-state index contributed by atoms with van der Waals surface area (Å²) in [5.41, 5.74) is 2.02. The molecule has 1 saturated heterocycles. The van der Waals surface area contributed by atoms with Crippen molar-refractivity contribution in [1.29, 1.82) is 0 Å². The minimum atomic E-state index is -2.90. The van der Waals surface area contributed by atoms with E-state index in [0.717, 1.165) is 61.2 Å². The van der Waals surface area contributed by atoms with Crippen LogP contribution in [0.1, 0.15) is 80.4 Å². The van der Waals surface area contributed by atoms with Crippen LogP contribution >= 0.6 is 11.6 Å². The van der Waals surface area contributed by atoms with Gasteiger partial charge in [0.05, 0.1) is 10.9 Å². The highest BCUT2D eigenvalue weighted by Crippen LogP contribution is 2.35. The summed E-state index contributed by atoms with van der Waals surface area (Å²) < 4.78 is 24.1. The van der Waals surface area contributed by atoms with Crippen molar-refractivity contribution in [3.8, 4) is 0 Å². The molecule has 2 aromatic carbocycles. The molecule has 1 aliphatic heterocycles. The number of rotatable bonds is 6. The Bertz CT molecular complexity index is 1240. The summed E-state index contributed by atoms with van der Waals surface area (Å²) in [7, 11) is -2.90. The number of nitrogens with zero attached hydrogens (tertiary/aromatic N) is 6. The Hall–Kier alpha value is -2.29. The van der Waals surface area contributed by atoms with Crippen molar-refractivity contribution in [2.45, 2.75) is 75.3 Å². The Morgan fingerprint density at radius 3 is 2.29 bits per heavy atom. The monoisotopic (exact) mass is 512 g/mol. The van der Waals surface area contributed by atoms with Crippen molar-refractivity contribution in [2.24, 2.45) is 4.36 Å². The first-order valence-corrected chi connectivity index (χ1v) is 14.5. The molecule has 1 aromatic heterocycles. The van der Waals surface area contributed by atoms with Gasteiger partial charge in [0.15, 0.2) is 5.82 Å². The van der Waals surface area contributed by atoms with E-state index in [4.69, 9.17) is 16.0 Å². The van der Waals surface area contributed by atoms with Gasteiger partial charge in [-0.25, -0.2) is 17.6 Å². The maximum atomic E-state index is 14.9. The molecule has 0 N–H and O–H groups in total. The molecule has 186 valence electrons. The molecule has 0 amide bonds. The van der Waals surface area contributed by atoms with Crippen LogP contribution in [0.2, 0.25) is 5.02 Å². The van der Waals surface area contributed by atoms with E-state index in [1.54, 1.807) is 0 Å². The fourth-order valence-corrected chi connectivity index (χ4v) is 7.54. The molecule has 35 heavy (non-hydrogen) atoms. The van der Waals surface area contributed by atoms with Gasteiger partial charge in [-0.15, -0.1) is 5.10 Å². The van der Waals surface area contributed by atoms with Crippen molar-refractivity contribution in [3.63, 3.8) is 0 Å². The van der Waals surface area contributed by atoms with Gasteiger partial charge in [0.25, 0.3) is 0 Å². The second-order valence-electron chi connectivity index (χ2n) is 9.63. The maximum Gasteiger partial charge on any atom is 0.181 e. The number of aromatic nitrogens is 4. The van der Waals surface area contributed by atoms with E-state index in [9.17, 15) is 4.21 Å².